The lowest BCUT2D eigenvalue weighted by atomic mass is 10.2. The van der Waals surface area contributed by atoms with Gasteiger partial charge in [-0.3, -0.25) is 9.10 Å². The number of nitrogens with zero attached hydrogens (tertiary/aromatic N) is 1. The van der Waals surface area contributed by atoms with Gasteiger partial charge in [0, 0.05) is 6.54 Å². The fourth-order valence-corrected chi connectivity index (χ4v) is 4.17. The Labute approximate surface area is 153 Å². The Morgan fingerprint density at radius 1 is 1.27 bits per heavy atom. The van der Waals surface area contributed by atoms with E-state index in [1.807, 2.05) is 6.92 Å². The molecule has 0 aliphatic carbocycles. The molecule has 0 spiro atoms. The summed E-state index contributed by atoms with van der Waals surface area (Å²) < 4.78 is 33.3. The maximum Gasteiger partial charge on any atom is 0.264 e. The quantitative estimate of drug-likeness (QED) is 0.817. The number of sulfonamides is 1. The normalized spacial score (nSPS) is 16.3. The van der Waals surface area contributed by atoms with Gasteiger partial charge in [0.25, 0.3) is 15.9 Å². The molecule has 0 saturated heterocycles. The Morgan fingerprint density at radius 3 is 2.65 bits per heavy atom. The monoisotopic (exact) mass is 372 g/mol. The van der Waals surface area contributed by atoms with Gasteiger partial charge in [-0.1, -0.05) is 35.9 Å². The Bertz CT molecular complexity index is 923. The maximum absolute atomic E-state index is 13.2. The summed E-state index contributed by atoms with van der Waals surface area (Å²) in [6, 6.07) is 13.4. The summed E-state index contributed by atoms with van der Waals surface area (Å²) in [5.41, 5.74) is 1.38. The SMILES string of the molecule is C=CCNC(=O)C1CN(S(=O)(=O)c2ccc(C)cc2)c2ccccc2O1. The van der Waals surface area contributed by atoms with E-state index in [2.05, 4.69) is 11.9 Å². The highest BCUT2D eigenvalue weighted by Gasteiger charge is 2.37. The van der Waals surface area contributed by atoms with E-state index in [1.54, 1.807) is 54.6 Å². The number of fused-ring (bicyclic) bond motifs is 1. The number of rotatable bonds is 5. The van der Waals surface area contributed by atoms with Crippen LogP contribution in [0.15, 0.2) is 66.1 Å². The molecule has 1 aliphatic heterocycles. The third-order valence-corrected chi connectivity index (χ3v) is 5.85. The number of hydrogen-bond acceptors (Lipinski definition) is 4. The van der Waals surface area contributed by atoms with Crippen molar-refractivity contribution in [3.63, 3.8) is 0 Å². The standard InChI is InChI=1S/C19H20N2O4S/c1-3-12-20-19(22)18-13-21(16-6-4-5-7-17(16)25-18)26(23,24)15-10-8-14(2)9-11-15/h3-11,18H,1,12-13H2,2H3,(H,20,22). The first-order valence-corrected chi connectivity index (χ1v) is 9.61. The molecule has 26 heavy (non-hydrogen) atoms. The fourth-order valence-electron chi connectivity index (χ4n) is 2.69. The third kappa shape index (κ3) is 3.43. The summed E-state index contributed by atoms with van der Waals surface area (Å²) >= 11 is 0. The van der Waals surface area contributed by atoms with Crippen LogP contribution >= 0.6 is 0 Å². The highest BCUT2D eigenvalue weighted by molar-refractivity contribution is 7.92. The molecule has 0 bridgehead atoms. The first-order chi connectivity index (χ1) is 12.4. The number of anilines is 1. The van der Waals surface area contributed by atoms with Crippen molar-refractivity contribution >= 4 is 21.6 Å². The molecule has 1 atom stereocenters. The van der Waals surface area contributed by atoms with E-state index in [0.29, 0.717) is 11.4 Å². The number of nitrogens with one attached hydrogen (secondary N) is 1. The van der Waals surface area contributed by atoms with E-state index in [1.165, 1.54) is 4.31 Å². The third-order valence-electron chi connectivity index (χ3n) is 4.06. The van der Waals surface area contributed by atoms with Crippen LogP contribution in [0.3, 0.4) is 0 Å². The molecular weight excluding hydrogens is 352 g/mol. The second-order valence-corrected chi connectivity index (χ2v) is 7.82. The highest BCUT2D eigenvalue weighted by atomic mass is 32.2. The summed E-state index contributed by atoms with van der Waals surface area (Å²) in [6.07, 6.45) is 0.611. The van der Waals surface area contributed by atoms with Crippen LogP contribution in [0, 0.1) is 6.92 Å². The second kappa shape index (κ2) is 7.21. The van der Waals surface area contributed by atoms with Crippen LogP contribution < -0.4 is 14.4 Å². The van der Waals surface area contributed by atoms with Crippen molar-refractivity contribution in [2.75, 3.05) is 17.4 Å². The molecule has 2 aromatic rings. The van der Waals surface area contributed by atoms with Gasteiger partial charge in [-0.25, -0.2) is 8.42 Å². The predicted molar refractivity (Wildman–Crippen MR) is 99.8 cm³/mol. The van der Waals surface area contributed by atoms with Crippen molar-refractivity contribution in [2.45, 2.75) is 17.9 Å². The zero-order chi connectivity index (χ0) is 18.7. The Kier molecular flexibility index (Phi) is 4.99. The molecule has 0 fully saturated rings. The van der Waals surface area contributed by atoms with E-state index in [4.69, 9.17) is 4.74 Å². The summed E-state index contributed by atoms with van der Waals surface area (Å²) in [4.78, 5) is 12.5. The highest BCUT2D eigenvalue weighted by Crippen LogP contribution is 2.36. The van der Waals surface area contributed by atoms with E-state index in [9.17, 15) is 13.2 Å². The molecule has 7 heteroatoms. The van der Waals surface area contributed by atoms with Crippen molar-refractivity contribution in [1.82, 2.24) is 5.32 Å². The van der Waals surface area contributed by atoms with Gasteiger partial charge in [0.2, 0.25) is 0 Å². The predicted octanol–water partition coefficient (Wildman–Crippen LogP) is 2.25. The molecule has 1 N–H and O–H groups in total. The zero-order valence-corrected chi connectivity index (χ0v) is 15.2. The number of ether oxygens (including phenoxy) is 1. The first kappa shape index (κ1) is 18.0. The Balaban J connectivity index is 2.00. The van der Waals surface area contributed by atoms with Crippen LogP contribution in [-0.4, -0.2) is 33.5 Å². The van der Waals surface area contributed by atoms with E-state index >= 15 is 0 Å². The minimum absolute atomic E-state index is 0.101. The lowest BCUT2D eigenvalue weighted by Gasteiger charge is -2.34. The molecule has 1 unspecified atom stereocenters. The average molecular weight is 372 g/mol. The van der Waals surface area contributed by atoms with Crippen LogP contribution in [0.5, 0.6) is 5.75 Å². The van der Waals surface area contributed by atoms with Gasteiger partial charge in [-0.15, -0.1) is 6.58 Å². The number of hydrogen-bond donors (Lipinski definition) is 1. The number of carbonyl (C=O) groups is 1. The average Bonchev–Trinajstić information content (AvgIpc) is 2.65. The smallest absolute Gasteiger partial charge is 0.264 e. The number of aryl methyl sites for hydroxylation is 1. The minimum atomic E-state index is -3.83. The van der Waals surface area contributed by atoms with Gasteiger partial charge in [0.1, 0.15) is 5.75 Å². The fraction of sp³-hybridized carbons (Fsp3) is 0.211. The van der Waals surface area contributed by atoms with E-state index < -0.39 is 16.1 Å². The van der Waals surface area contributed by atoms with Gasteiger partial charge in [0.15, 0.2) is 6.10 Å². The molecule has 1 heterocycles. The number of para-hydroxylation sites is 2. The zero-order valence-electron chi connectivity index (χ0n) is 14.4. The van der Waals surface area contributed by atoms with Crippen LogP contribution in [-0.2, 0) is 14.8 Å². The Hall–Kier alpha value is -2.80. The maximum atomic E-state index is 13.2. The number of amides is 1. The molecule has 0 radical (unpaired) electrons. The molecule has 0 aromatic heterocycles. The molecule has 0 saturated carbocycles. The molecule has 2 aromatic carbocycles. The Morgan fingerprint density at radius 2 is 1.96 bits per heavy atom. The van der Waals surface area contributed by atoms with E-state index in [-0.39, 0.29) is 23.9 Å². The van der Waals surface area contributed by atoms with Crippen molar-refractivity contribution in [3.05, 3.63) is 66.7 Å². The summed E-state index contributed by atoms with van der Waals surface area (Å²) in [5.74, 6) is -0.0308. The van der Waals surface area contributed by atoms with Gasteiger partial charge < -0.3 is 10.1 Å². The minimum Gasteiger partial charge on any atom is -0.476 e. The van der Waals surface area contributed by atoms with E-state index in [0.717, 1.165) is 5.56 Å². The van der Waals surface area contributed by atoms with Crippen LogP contribution in [0.2, 0.25) is 0 Å². The first-order valence-electron chi connectivity index (χ1n) is 8.17. The van der Waals surface area contributed by atoms with Crippen molar-refractivity contribution < 1.29 is 17.9 Å². The summed E-state index contributed by atoms with van der Waals surface area (Å²) in [5, 5.41) is 2.65. The van der Waals surface area contributed by atoms with Crippen LogP contribution in [0.25, 0.3) is 0 Å². The molecule has 1 amide bonds. The van der Waals surface area contributed by atoms with Crippen LogP contribution in [0.1, 0.15) is 5.56 Å². The summed E-state index contributed by atoms with van der Waals surface area (Å²) in [7, 11) is -3.83. The lowest BCUT2D eigenvalue weighted by molar-refractivity contribution is -0.127. The van der Waals surface area contributed by atoms with Gasteiger partial charge in [0.05, 0.1) is 17.1 Å². The van der Waals surface area contributed by atoms with Gasteiger partial charge >= 0.3 is 0 Å². The second-order valence-electron chi connectivity index (χ2n) is 5.96. The molecular formula is C19H20N2O4S. The van der Waals surface area contributed by atoms with Crippen molar-refractivity contribution in [1.29, 1.82) is 0 Å². The van der Waals surface area contributed by atoms with Gasteiger partial charge in [-0.2, -0.15) is 0 Å². The van der Waals surface area contributed by atoms with Crippen LogP contribution in [0.4, 0.5) is 5.69 Å². The molecule has 6 nitrogen and oxygen atoms in total. The summed E-state index contributed by atoms with van der Waals surface area (Å²) in [6.45, 7) is 5.62. The molecule has 136 valence electrons. The van der Waals surface area contributed by atoms with Crippen molar-refractivity contribution in [2.24, 2.45) is 0 Å². The number of benzene rings is 2. The number of carbonyl (C=O) groups excluding carboxylic acids is 1. The topological polar surface area (TPSA) is 75.7 Å². The molecule has 3 rings (SSSR count). The van der Waals surface area contributed by atoms with Crippen molar-refractivity contribution in [3.8, 4) is 5.75 Å². The largest absolute Gasteiger partial charge is 0.476 e. The molecule has 1 aliphatic rings. The van der Waals surface area contributed by atoms with Gasteiger partial charge in [-0.05, 0) is 31.2 Å². The lowest BCUT2D eigenvalue weighted by Crippen LogP contribution is -2.50.